The Hall–Kier alpha value is -2.04. The number of carbonyl (C=O) groups is 1. The number of carbonyl (C=O) groups excluding carboxylic acids is 1. The largest absolute Gasteiger partial charge is 0.417 e. The smallest absolute Gasteiger partial charge is 0.365 e. The van der Waals surface area contributed by atoms with E-state index in [1.54, 1.807) is 9.80 Å². The zero-order valence-electron chi connectivity index (χ0n) is 14.6. The van der Waals surface area contributed by atoms with Crippen molar-refractivity contribution in [3.63, 3.8) is 0 Å². The van der Waals surface area contributed by atoms with Gasteiger partial charge in [-0.2, -0.15) is 13.2 Å². The Kier molecular flexibility index (Phi) is 3.73. The van der Waals surface area contributed by atoms with Gasteiger partial charge in [-0.25, -0.2) is 13.4 Å². The molecule has 3 fully saturated rings. The third kappa shape index (κ3) is 2.91. The van der Waals surface area contributed by atoms with Gasteiger partial charge in [0.2, 0.25) is 0 Å². The van der Waals surface area contributed by atoms with Crippen molar-refractivity contribution in [1.29, 1.82) is 0 Å². The van der Waals surface area contributed by atoms with E-state index >= 15 is 0 Å². The Bertz CT molecular complexity index is 912. The average molecular weight is 404 g/mol. The molecule has 7 nitrogen and oxygen atoms in total. The van der Waals surface area contributed by atoms with Crippen LogP contribution in [0.2, 0.25) is 0 Å². The number of primary amides is 1. The van der Waals surface area contributed by atoms with E-state index in [0.29, 0.717) is 19.6 Å². The van der Waals surface area contributed by atoms with E-state index in [-0.39, 0.29) is 34.6 Å². The minimum atomic E-state index is -4.76. The number of anilines is 2. The highest BCUT2D eigenvalue weighted by atomic mass is 32.2. The van der Waals surface area contributed by atoms with Gasteiger partial charge in [-0.05, 0) is 19.4 Å². The van der Waals surface area contributed by atoms with Crippen LogP contribution in [-0.2, 0) is 16.0 Å². The van der Waals surface area contributed by atoms with Crippen LogP contribution in [0.4, 0.5) is 24.8 Å². The third-order valence-electron chi connectivity index (χ3n) is 5.56. The molecule has 0 aliphatic carbocycles. The van der Waals surface area contributed by atoms with Crippen molar-refractivity contribution >= 4 is 27.4 Å². The molecule has 3 aliphatic rings. The van der Waals surface area contributed by atoms with E-state index in [9.17, 15) is 26.4 Å². The summed E-state index contributed by atoms with van der Waals surface area (Å²) in [5.74, 6) is -1.01. The van der Waals surface area contributed by atoms with Gasteiger partial charge in [-0.3, -0.25) is 4.79 Å². The summed E-state index contributed by atoms with van der Waals surface area (Å²) in [4.78, 5) is 19.4. The Morgan fingerprint density at radius 1 is 1.33 bits per heavy atom. The maximum atomic E-state index is 13.6. The summed E-state index contributed by atoms with van der Waals surface area (Å²) in [7, 11) is -3.03. The molecule has 2 N–H and O–H groups in total. The molecular weight excluding hydrogens is 385 g/mol. The van der Waals surface area contributed by atoms with Crippen LogP contribution < -0.4 is 15.5 Å². The first kappa shape index (κ1) is 18.3. The van der Waals surface area contributed by atoms with E-state index in [4.69, 9.17) is 5.73 Å². The molecule has 0 unspecified atom stereocenters. The van der Waals surface area contributed by atoms with Gasteiger partial charge in [0.15, 0.2) is 9.84 Å². The zero-order valence-corrected chi connectivity index (χ0v) is 15.4. The number of nitrogens with two attached hydrogens (primary N) is 1. The molecule has 0 saturated carbocycles. The van der Waals surface area contributed by atoms with Crippen LogP contribution in [-0.4, -0.2) is 56.5 Å². The van der Waals surface area contributed by atoms with E-state index < -0.39 is 33.0 Å². The van der Waals surface area contributed by atoms with Crippen molar-refractivity contribution < 1.29 is 26.4 Å². The lowest BCUT2D eigenvalue weighted by Crippen LogP contribution is -2.68. The fourth-order valence-electron chi connectivity index (χ4n) is 4.18. The van der Waals surface area contributed by atoms with Crippen molar-refractivity contribution in [3.05, 3.63) is 17.2 Å². The van der Waals surface area contributed by atoms with Gasteiger partial charge in [0, 0.05) is 31.1 Å². The van der Waals surface area contributed by atoms with Crippen molar-refractivity contribution in [2.24, 2.45) is 11.1 Å². The molecule has 1 aromatic heterocycles. The van der Waals surface area contributed by atoms with Gasteiger partial charge >= 0.3 is 6.18 Å². The molecule has 4 rings (SSSR count). The molecule has 0 aromatic carbocycles. The van der Waals surface area contributed by atoms with Gasteiger partial charge in [-0.1, -0.05) is 0 Å². The SMILES string of the molecule is C[C@H]1CCN1c1nc(N2CC3(C2)CS(=O)(=O)C3)cc(C(F)(F)F)c1C(N)=O. The van der Waals surface area contributed by atoms with E-state index in [1.165, 1.54) is 0 Å². The Labute approximate surface area is 154 Å². The molecule has 1 spiro atoms. The molecule has 3 aliphatic heterocycles. The monoisotopic (exact) mass is 404 g/mol. The topological polar surface area (TPSA) is 96.6 Å². The van der Waals surface area contributed by atoms with Gasteiger partial charge in [-0.15, -0.1) is 0 Å². The van der Waals surface area contributed by atoms with E-state index in [0.717, 1.165) is 12.5 Å². The van der Waals surface area contributed by atoms with Crippen LogP contribution in [0.1, 0.15) is 29.3 Å². The van der Waals surface area contributed by atoms with Crippen LogP contribution in [0.5, 0.6) is 0 Å². The van der Waals surface area contributed by atoms with Crippen molar-refractivity contribution in [1.82, 2.24) is 4.98 Å². The van der Waals surface area contributed by atoms with Crippen molar-refractivity contribution in [3.8, 4) is 0 Å². The normalized spacial score (nSPS) is 25.6. The van der Waals surface area contributed by atoms with Gasteiger partial charge in [0.05, 0.1) is 22.6 Å². The van der Waals surface area contributed by atoms with E-state index in [1.807, 2.05) is 6.92 Å². The molecule has 11 heteroatoms. The molecule has 3 saturated heterocycles. The predicted octanol–water partition coefficient (Wildman–Crippen LogP) is 1.03. The maximum Gasteiger partial charge on any atom is 0.417 e. The second-order valence-electron chi connectivity index (χ2n) is 7.81. The molecule has 27 heavy (non-hydrogen) atoms. The lowest BCUT2D eigenvalue weighted by atomic mass is 9.83. The number of aromatic nitrogens is 1. The van der Waals surface area contributed by atoms with Crippen molar-refractivity contribution in [2.75, 3.05) is 40.9 Å². The summed E-state index contributed by atoms with van der Waals surface area (Å²) in [6.07, 6.45) is -3.97. The van der Waals surface area contributed by atoms with E-state index in [2.05, 4.69) is 4.98 Å². The van der Waals surface area contributed by atoms with Crippen LogP contribution >= 0.6 is 0 Å². The number of rotatable bonds is 3. The first-order valence-corrected chi connectivity index (χ1v) is 10.4. The Morgan fingerprint density at radius 2 is 1.96 bits per heavy atom. The third-order valence-corrected chi connectivity index (χ3v) is 7.66. The molecule has 0 radical (unpaired) electrons. The summed E-state index contributed by atoms with van der Waals surface area (Å²) >= 11 is 0. The lowest BCUT2D eigenvalue weighted by Gasteiger charge is -2.55. The van der Waals surface area contributed by atoms with Gasteiger partial charge < -0.3 is 15.5 Å². The molecular formula is C16H19F3N4O3S. The zero-order chi connectivity index (χ0) is 19.8. The first-order valence-electron chi connectivity index (χ1n) is 8.55. The fourth-order valence-corrected chi connectivity index (χ4v) is 6.33. The average Bonchev–Trinajstić information content (AvgIpc) is 2.46. The quantitative estimate of drug-likeness (QED) is 0.809. The number of hydrogen-bond donors (Lipinski definition) is 1. The van der Waals surface area contributed by atoms with Crippen LogP contribution in [0.25, 0.3) is 0 Å². The highest BCUT2D eigenvalue weighted by Gasteiger charge is 2.56. The molecule has 4 heterocycles. The van der Waals surface area contributed by atoms with Crippen LogP contribution in [0, 0.1) is 5.41 Å². The number of sulfone groups is 1. The highest BCUT2D eigenvalue weighted by molar-refractivity contribution is 7.92. The summed E-state index contributed by atoms with van der Waals surface area (Å²) in [6, 6.07) is 0.806. The van der Waals surface area contributed by atoms with Gasteiger partial charge in [0.1, 0.15) is 11.6 Å². The summed E-state index contributed by atoms with van der Waals surface area (Å²) in [5.41, 5.74) is 3.17. The van der Waals surface area contributed by atoms with Crippen molar-refractivity contribution in [2.45, 2.75) is 25.6 Å². The number of pyridine rings is 1. The Morgan fingerprint density at radius 3 is 2.37 bits per heavy atom. The molecule has 0 bridgehead atoms. The van der Waals surface area contributed by atoms with Crippen LogP contribution in [0.3, 0.4) is 0 Å². The maximum absolute atomic E-state index is 13.6. The molecule has 1 amide bonds. The van der Waals surface area contributed by atoms with Gasteiger partial charge in [0.25, 0.3) is 5.91 Å². The first-order chi connectivity index (χ1) is 12.4. The Balaban J connectivity index is 1.73. The highest BCUT2D eigenvalue weighted by Crippen LogP contribution is 2.45. The molecule has 1 atom stereocenters. The fraction of sp³-hybridized carbons (Fsp3) is 0.625. The molecule has 148 valence electrons. The number of amides is 1. The minimum Gasteiger partial charge on any atom is -0.365 e. The standard InChI is InChI=1S/C16H19F3N4O3S/c1-9-2-3-23(9)14-12(13(20)24)10(16(17,18)19)4-11(21-14)22-5-15(6-22)7-27(25,26)8-15/h4,9H,2-3,5-8H2,1H3,(H2,20,24)/t9-/m0/s1. The molecule has 1 aromatic rings. The summed E-state index contributed by atoms with van der Waals surface area (Å²) in [6.45, 7) is 3.01. The second-order valence-corrected chi connectivity index (χ2v) is 9.87. The van der Waals surface area contributed by atoms with Crippen LogP contribution in [0.15, 0.2) is 6.07 Å². The predicted molar refractivity (Wildman–Crippen MR) is 92.5 cm³/mol. The number of halogens is 3. The lowest BCUT2D eigenvalue weighted by molar-refractivity contribution is -0.137. The summed E-state index contributed by atoms with van der Waals surface area (Å²) in [5, 5.41) is 0. The second kappa shape index (κ2) is 5.49. The summed E-state index contributed by atoms with van der Waals surface area (Å²) < 4.78 is 63.7. The number of nitrogens with zero attached hydrogens (tertiary/aromatic N) is 3. The number of alkyl halides is 3. The number of hydrogen-bond acceptors (Lipinski definition) is 6. The minimum absolute atomic E-state index is 0.0357.